The Bertz CT molecular complexity index is 266. The van der Waals surface area contributed by atoms with Gasteiger partial charge >= 0.3 is 0 Å². The molecule has 0 aliphatic heterocycles. The number of ether oxygens (including phenoxy) is 1. The third-order valence-corrected chi connectivity index (χ3v) is 1.87. The maximum atomic E-state index is 5.38. The van der Waals surface area contributed by atoms with Gasteiger partial charge in [-0.15, -0.1) is 0 Å². The van der Waals surface area contributed by atoms with Crippen LogP contribution < -0.4 is 10.1 Å². The Balaban J connectivity index is 2.46. The van der Waals surface area contributed by atoms with E-state index in [1.165, 1.54) is 5.56 Å². The van der Waals surface area contributed by atoms with Crippen molar-refractivity contribution in [3.05, 3.63) is 42.5 Å². The molecule has 76 valence electrons. The standard InChI is InChI=1S/C12H17NO/c1-3-9-14-12-7-5-11(6-8-12)10-13-4-2/h3,5-8,13H,1,4,9-10H2,2H3. The predicted molar refractivity (Wildman–Crippen MR) is 59.5 cm³/mol. The van der Waals surface area contributed by atoms with Crippen molar-refractivity contribution in [2.75, 3.05) is 13.2 Å². The lowest BCUT2D eigenvalue weighted by Gasteiger charge is -2.05. The Morgan fingerprint density at radius 2 is 2.07 bits per heavy atom. The number of rotatable bonds is 6. The zero-order valence-corrected chi connectivity index (χ0v) is 8.62. The van der Waals surface area contributed by atoms with Crippen LogP contribution in [0.4, 0.5) is 0 Å². The van der Waals surface area contributed by atoms with Crippen LogP contribution >= 0.6 is 0 Å². The molecule has 0 aromatic heterocycles. The van der Waals surface area contributed by atoms with Crippen molar-refractivity contribution in [2.24, 2.45) is 0 Å². The average molecular weight is 191 g/mol. The lowest BCUT2D eigenvalue weighted by atomic mass is 10.2. The minimum absolute atomic E-state index is 0.562. The highest BCUT2D eigenvalue weighted by atomic mass is 16.5. The summed E-state index contributed by atoms with van der Waals surface area (Å²) in [6.07, 6.45) is 1.74. The van der Waals surface area contributed by atoms with Crippen molar-refractivity contribution < 1.29 is 4.74 Å². The second kappa shape index (κ2) is 6.22. The highest BCUT2D eigenvalue weighted by molar-refractivity contribution is 5.27. The van der Waals surface area contributed by atoms with Gasteiger partial charge in [0, 0.05) is 6.54 Å². The maximum Gasteiger partial charge on any atom is 0.119 e. The summed E-state index contributed by atoms with van der Waals surface area (Å²) < 4.78 is 5.38. The summed E-state index contributed by atoms with van der Waals surface area (Å²) in [4.78, 5) is 0. The van der Waals surface area contributed by atoms with Crippen LogP contribution in [0.1, 0.15) is 12.5 Å². The topological polar surface area (TPSA) is 21.3 Å². The van der Waals surface area contributed by atoms with Crippen LogP contribution in [0.5, 0.6) is 5.75 Å². The fraction of sp³-hybridized carbons (Fsp3) is 0.333. The van der Waals surface area contributed by atoms with Gasteiger partial charge in [-0.25, -0.2) is 0 Å². The van der Waals surface area contributed by atoms with E-state index < -0.39 is 0 Å². The van der Waals surface area contributed by atoms with Crippen LogP contribution in [-0.4, -0.2) is 13.2 Å². The largest absolute Gasteiger partial charge is 0.490 e. The van der Waals surface area contributed by atoms with Crippen molar-refractivity contribution in [3.8, 4) is 5.75 Å². The fourth-order valence-electron chi connectivity index (χ4n) is 1.13. The van der Waals surface area contributed by atoms with Crippen LogP contribution in [0, 0.1) is 0 Å². The summed E-state index contributed by atoms with van der Waals surface area (Å²) in [6.45, 7) is 8.17. The number of hydrogen-bond acceptors (Lipinski definition) is 2. The normalized spacial score (nSPS) is 9.79. The van der Waals surface area contributed by atoms with Gasteiger partial charge in [0.2, 0.25) is 0 Å². The molecule has 0 amide bonds. The van der Waals surface area contributed by atoms with Crippen LogP contribution in [0.3, 0.4) is 0 Å². The van der Waals surface area contributed by atoms with Gasteiger partial charge in [0.25, 0.3) is 0 Å². The van der Waals surface area contributed by atoms with E-state index >= 15 is 0 Å². The molecular formula is C12H17NO. The molecular weight excluding hydrogens is 174 g/mol. The van der Waals surface area contributed by atoms with Crippen LogP contribution in [0.25, 0.3) is 0 Å². The van der Waals surface area contributed by atoms with E-state index in [0.29, 0.717) is 6.61 Å². The van der Waals surface area contributed by atoms with Gasteiger partial charge in [0.1, 0.15) is 12.4 Å². The smallest absolute Gasteiger partial charge is 0.119 e. The van der Waals surface area contributed by atoms with Gasteiger partial charge in [-0.05, 0) is 24.2 Å². The van der Waals surface area contributed by atoms with Gasteiger partial charge in [0.15, 0.2) is 0 Å². The molecule has 2 heteroatoms. The second-order valence-electron chi connectivity index (χ2n) is 3.02. The zero-order valence-electron chi connectivity index (χ0n) is 8.62. The van der Waals surface area contributed by atoms with Gasteiger partial charge in [0.05, 0.1) is 0 Å². The quantitative estimate of drug-likeness (QED) is 0.697. The van der Waals surface area contributed by atoms with Crippen LogP contribution in [-0.2, 0) is 6.54 Å². The van der Waals surface area contributed by atoms with Crippen molar-refractivity contribution in [1.82, 2.24) is 5.32 Å². The zero-order chi connectivity index (χ0) is 10.2. The second-order valence-corrected chi connectivity index (χ2v) is 3.02. The fourth-order valence-corrected chi connectivity index (χ4v) is 1.13. The molecule has 0 atom stereocenters. The van der Waals surface area contributed by atoms with Crippen LogP contribution in [0.2, 0.25) is 0 Å². The summed E-state index contributed by atoms with van der Waals surface area (Å²) in [5.74, 6) is 0.894. The molecule has 0 saturated carbocycles. The summed E-state index contributed by atoms with van der Waals surface area (Å²) in [6, 6.07) is 8.11. The highest BCUT2D eigenvalue weighted by Gasteiger charge is 1.93. The first-order chi connectivity index (χ1) is 6.86. The minimum Gasteiger partial charge on any atom is -0.490 e. The molecule has 0 bridgehead atoms. The Hall–Kier alpha value is -1.28. The Morgan fingerprint density at radius 3 is 2.64 bits per heavy atom. The van der Waals surface area contributed by atoms with Gasteiger partial charge < -0.3 is 10.1 Å². The first kappa shape index (κ1) is 10.8. The molecule has 0 radical (unpaired) electrons. The molecule has 0 aliphatic carbocycles. The number of nitrogens with one attached hydrogen (secondary N) is 1. The van der Waals surface area contributed by atoms with E-state index in [0.717, 1.165) is 18.8 Å². The van der Waals surface area contributed by atoms with E-state index in [4.69, 9.17) is 4.74 Å². The number of hydrogen-bond donors (Lipinski definition) is 1. The molecule has 0 saturated heterocycles. The molecule has 1 rings (SSSR count). The Kier molecular flexibility index (Phi) is 4.79. The van der Waals surface area contributed by atoms with Crippen molar-refractivity contribution >= 4 is 0 Å². The van der Waals surface area contributed by atoms with Gasteiger partial charge in [-0.2, -0.15) is 0 Å². The molecule has 2 nitrogen and oxygen atoms in total. The molecule has 1 aromatic carbocycles. The number of benzene rings is 1. The summed E-state index contributed by atoms with van der Waals surface area (Å²) >= 11 is 0. The Morgan fingerprint density at radius 1 is 1.36 bits per heavy atom. The Labute approximate surface area is 85.6 Å². The van der Waals surface area contributed by atoms with Gasteiger partial charge in [-0.3, -0.25) is 0 Å². The van der Waals surface area contributed by atoms with E-state index in [9.17, 15) is 0 Å². The van der Waals surface area contributed by atoms with E-state index in [1.54, 1.807) is 6.08 Å². The highest BCUT2D eigenvalue weighted by Crippen LogP contribution is 2.11. The first-order valence-corrected chi connectivity index (χ1v) is 4.90. The molecule has 0 heterocycles. The summed E-state index contributed by atoms with van der Waals surface area (Å²) in [5, 5.41) is 3.27. The lowest BCUT2D eigenvalue weighted by Crippen LogP contribution is -2.11. The average Bonchev–Trinajstić information content (AvgIpc) is 2.25. The molecule has 14 heavy (non-hydrogen) atoms. The van der Waals surface area contributed by atoms with E-state index in [-0.39, 0.29) is 0 Å². The molecule has 1 N–H and O–H groups in total. The molecule has 0 fully saturated rings. The third-order valence-electron chi connectivity index (χ3n) is 1.87. The maximum absolute atomic E-state index is 5.38. The van der Waals surface area contributed by atoms with Crippen LogP contribution in [0.15, 0.2) is 36.9 Å². The lowest BCUT2D eigenvalue weighted by molar-refractivity contribution is 0.363. The van der Waals surface area contributed by atoms with Crippen molar-refractivity contribution in [2.45, 2.75) is 13.5 Å². The monoisotopic (exact) mass is 191 g/mol. The van der Waals surface area contributed by atoms with E-state index in [2.05, 4.69) is 31.0 Å². The summed E-state index contributed by atoms with van der Waals surface area (Å²) in [7, 11) is 0. The molecule has 0 aliphatic rings. The summed E-state index contributed by atoms with van der Waals surface area (Å²) in [5.41, 5.74) is 1.28. The van der Waals surface area contributed by atoms with Crippen molar-refractivity contribution in [1.29, 1.82) is 0 Å². The molecule has 0 unspecified atom stereocenters. The van der Waals surface area contributed by atoms with Gasteiger partial charge in [-0.1, -0.05) is 31.7 Å². The van der Waals surface area contributed by atoms with Crippen molar-refractivity contribution in [3.63, 3.8) is 0 Å². The van der Waals surface area contributed by atoms with E-state index in [1.807, 2.05) is 12.1 Å². The first-order valence-electron chi connectivity index (χ1n) is 4.90. The minimum atomic E-state index is 0.562. The molecule has 1 aromatic rings. The predicted octanol–water partition coefficient (Wildman–Crippen LogP) is 2.36. The third kappa shape index (κ3) is 3.62. The SMILES string of the molecule is C=CCOc1ccc(CNCC)cc1. The molecule has 0 spiro atoms.